The monoisotopic (exact) mass is 253 g/mol. The van der Waals surface area contributed by atoms with Gasteiger partial charge >= 0.3 is 5.97 Å². The number of anilines is 1. The van der Waals surface area contributed by atoms with E-state index < -0.39 is 29.5 Å². The maximum atomic E-state index is 13.4. The Bertz CT molecular complexity index is 473. The normalized spacial score (nSPS) is 13.8. The van der Waals surface area contributed by atoms with Gasteiger partial charge in [-0.1, -0.05) is 19.9 Å². The number of nitrogens with one attached hydrogen (secondary N) is 1. The zero-order chi connectivity index (χ0) is 13.9. The lowest BCUT2D eigenvalue weighted by Crippen LogP contribution is -2.30. The number of carboxylic acids is 1. The highest BCUT2D eigenvalue weighted by Gasteiger charge is 2.26. The molecule has 0 heterocycles. The molecular weight excluding hydrogens is 237 g/mol. The van der Waals surface area contributed by atoms with Gasteiger partial charge in [-0.3, -0.25) is 9.59 Å². The molecule has 2 atom stereocenters. The molecule has 0 saturated carbocycles. The highest BCUT2D eigenvalue weighted by atomic mass is 19.1. The molecule has 2 unspecified atom stereocenters. The van der Waals surface area contributed by atoms with E-state index in [0.29, 0.717) is 0 Å². The van der Waals surface area contributed by atoms with Crippen LogP contribution >= 0.6 is 0 Å². The van der Waals surface area contributed by atoms with E-state index in [-0.39, 0.29) is 5.69 Å². The number of benzene rings is 1. The Kier molecular flexibility index (Phi) is 4.42. The van der Waals surface area contributed by atoms with Crippen molar-refractivity contribution >= 4 is 17.6 Å². The molecule has 1 rings (SSSR count). The highest BCUT2D eigenvalue weighted by molar-refractivity contribution is 5.94. The molecule has 1 aromatic rings. The molecule has 0 fully saturated rings. The van der Waals surface area contributed by atoms with Gasteiger partial charge < -0.3 is 10.4 Å². The summed E-state index contributed by atoms with van der Waals surface area (Å²) in [6.45, 7) is 4.72. The van der Waals surface area contributed by atoms with Crippen LogP contribution in [0.5, 0.6) is 0 Å². The van der Waals surface area contributed by atoms with Crippen molar-refractivity contribution in [2.75, 3.05) is 5.32 Å². The third-order valence-electron chi connectivity index (χ3n) is 2.93. The van der Waals surface area contributed by atoms with Crippen LogP contribution in [0.15, 0.2) is 18.2 Å². The van der Waals surface area contributed by atoms with Crippen LogP contribution in [0.25, 0.3) is 0 Å². The van der Waals surface area contributed by atoms with E-state index in [1.54, 1.807) is 13.0 Å². The third kappa shape index (κ3) is 3.29. The van der Waals surface area contributed by atoms with Crippen LogP contribution in [-0.4, -0.2) is 17.0 Å². The van der Waals surface area contributed by atoms with Crippen molar-refractivity contribution in [2.45, 2.75) is 20.8 Å². The lowest BCUT2D eigenvalue weighted by atomic mass is 9.95. The molecule has 0 aliphatic heterocycles. The number of amides is 1. The van der Waals surface area contributed by atoms with E-state index in [1.165, 1.54) is 26.0 Å². The fourth-order valence-corrected chi connectivity index (χ4v) is 1.42. The number of aliphatic carboxylic acids is 1. The second kappa shape index (κ2) is 5.62. The van der Waals surface area contributed by atoms with Gasteiger partial charge in [0.05, 0.1) is 11.6 Å². The first kappa shape index (κ1) is 14.2. The molecule has 1 amide bonds. The van der Waals surface area contributed by atoms with E-state index in [9.17, 15) is 14.0 Å². The summed E-state index contributed by atoms with van der Waals surface area (Å²) in [4.78, 5) is 22.5. The first-order valence-electron chi connectivity index (χ1n) is 5.62. The van der Waals surface area contributed by atoms with Gasteiger partial charge in [0, 0.05) is 5.92 Å². The zero-order valence-electron chi connectivity index (χ0n) is 10.5. The summed E-state index contributed by atoms with van der Waals surface area (Å²) in [6.07, 6.45) is 0. The number of hydrogen-bond donors (Lipinski definition) is 2. The fourth-order valence-electron chi connectivity index (χ4n) is 1.42. The number of hydrogen-bond acceptors (Lipinski definition) is 2. The average Bonchev–Trinajstić information content (AvgIpc) is 2.31. The first-order valence-corrected chi connectivity index (χ1v) is 5.62. The minimum atomic E-state index is -1.05. The average molecular weight is 253 g/mol. The molecule has 0 saturated heterocycles. The highest BCUT2D eigenvalue weighted by Crippen LogP contribution is 2.19. The lowest BCUT2D eigenvalue weighted by Gasteiger charge is -2.16. The zero-order valence-corrected chi connectivity index (χ0v) is 10.5. The molecule has 1 aromatic carbocycles. The Hall–Kier alpha value is -1.91. The standard InChI is InChI=1S/C13H16FNO3/c1-7-4-5-10(14)11(6-7)15-12(16)8(2)9(3)13(17)18/h4-6,8-9H,1-3H3,(H,15,16)(H,17,18). The van der Waals surface area contributed by atoms with Crippen molar-refractivity contribution in [3.8, 4) is 0 Å². The van der Waals surface area contributed by atoms with Crippen molar-refractivity contribution in [3.63, 3.8) is 0 Å². The summed E-state index contributed by atoms with van der Waals surface area (Å²) in [5.41, 5.74) is 0.884. The van der Waals surface area contributed by atoms with E-state index >= 15 is 0 Å². The summed E-state index contributed by atoms with van der Waals surface area (Å²) >= 11 is 0. The molecule has 0 aromatic heterocycles. The summed E-state index contributed by atoms with van der Waals surface area (Å²) < 4.78 is 13.4. The largest absolute Gasteiger partial charge is 0.481 e. The van der Waals surface area contributed by atoms with Gasteiger partial charge in [-0.25, -0.2) is 4.39 Å². The van der Waals surface area contributed by atoms with Gasteiger partial charge in [0.2, 0.25) is 5.91 Å². The molecule has 0 radical (unpaired) electrons. The Labute approximate surface area is 105 Å². The maximum absolute atomic E-state index is 13.4. The molecule has 0 aliphatic carbocycles. The molecule has 0 spiro atoms. The molecule has 0 bridgehead atoms. The number of aryl methyl sites for hydroxylation is 1. The van der Waals surface area contributed by atoms with Crippen LogP contribution < -0.4 is 5.32 Å². The Balaban J connectivity index is 2.81. The second-order valence-electron chi connectivity index (χ2n) is 4.39. The smallest absolute Gasteiger partial charge is 0.307 e. The third-order valence-corrected chi connectivity index (χ3v) is 2.93. The number of carbonyl (C=O) groups excluding carboxylic acids is 1. The van der Waals surface area contributed by atoms with Gasteiger partial charge in [0.1, 0.15) is 5.82 Å². The van der Waals surface area contributed by atoms with Crippen molar-refractivity contribution in [1.29, 1.82) is 0 Å². The van der Waals surface area contributed by atoms with Crippen molar-refractivity contribution < 1.29 is 19.1 Å². The van der Waals surface area contributed by atoms with E-state index in [1.807, 2.05) is 0 Å². The van der Waals surface area contributed by atoms with Crippen LogP contribution in [0.2, 0.25) is 0 Å². The van der Waals surface area contributed by atoms with E-state index in [0.717, 1.165) is 5.56 Å². The number of carbonyl (C=O) groups is 2. The number of rotatable bonds is 4. The van der Waals surface area contributed by atoms with Crippen LogP contribution in [0.4, 0.5) is 10.1 Å². The molecular formula is C13H16FNO3. The Morgan fingerprint density at radius 2 is 1.89 bits per heavy atom. The SMILES string of the molecule is Cc1ccc(F)c(NC(=O)C(C)C(C)C(=O)O)c1. The van der Waals surface area contributed by atoms with E-state index in [4.69, 9.17) is 5.11 Å². The van der Waals surface area contributed by atoms with Gasteiger partial charge in [-0.05, 0) is 24.6 Å². The summed E-state index contributed by atoms with van der Waals surface area (Å²) in [5, 5.41) is 11.2. The first-order chi connectivity index (χ1) is 8.32. The minimum absolute atomic E-state index is 0.0736. The van der Waals surface area contributed by atoms with Crippen LogP contribution in [0.1, 0.15) is 19.4 Å². The van der Waals surface area contributed by atoms with Crippen molar-refractivity contribution in [2.24, 2.45) is 11.8 Å². The topological polar surface area (TPSA) is 66.4 Å². The molecule has 2 N–H and O–H groups in total. The predicted molar refractivity (Wildman–Crippen MR) is 65.7 cm³/mol. The van der Waals surface area contributed by atoms with Crippen LogP contribution in [0, 0.1) is 24.6 Å². The summed E-state index contributed by atoms with van der Waals surface area (Å²) in [5.74, 6) is -3.65. The minimum Gasteiger partial charge on any atom is -0.481 e. The van der Waals surface area contributed by atoms with Gasteiger partial charge in [-0.2, -0.15) is 0 Å². The fraction of sp³-hybridized carbons (Fsp3) is 0.385. The van der Waals surface area contributed by atoms with Gasteiger partial charge in [-0.15, -0.1) is 0 Å². The quantitative estimate of drug-likeness (QED) is 0.866. The van der Waals surface area contributed by atoms with E-state index in [2.05, 4.69) is 5.32 Å². The van der Waals surface area contributed by atoms with Gasteiger partial charge in [0.15, 0.2) is 0 Å². The lowest BCUT2D eigenvalue weighted by molar-refractivity contribution is -0.145. The predicted octanol–water partition coefficient (Wildman–Crippen LogP) is 2.43. The number of carboxylic acid groups (broad SMARTS) is 1. The maximum Gasteiger partial charge on any atom is 0.307 e. The second-order valence-corrected chi connectivity index (χ2v) is 4.39. The number of halogens is 1. The molecule has 18 heavy (non-hydrogen) atoms. The Morgan fingerprint density at radius 3 is 2.44 bits per heavy atom. The van der Waals surface area contributed by atoms with Crippen molar-refractivity contribution in [3.05, 3.63) is 29.6 Å². The molecule has 98 valence electrons. The summed E-state index contributed by atoms with van der Waals surface area (Å²) in [6, 6.07) is 4.36. The van der Waals surface area contributed by atoms with Crippen LogP contribution in [0.3, 0.4) is 0 Å². The summed E-state index contributed by atoms with van der Waals surface area (Å²) in [7, 11) is 0. The molecule has 0 aliphatic rings. The molecule has 4 nitrogen and oxygen atoms in total. The van der Waals surface area contributed by atoms with Crippen LogP contribution in [-0.2, 0) is 9.59 Å². The van der Waals surface area contributed by atoms with Crippen molar-refractivity contribution in [1.82, 2.24) is 0 Å². The molecule has 5 heteroatoms. The van der Waals surface area contributed by atoms with Gasteiger partial charge in [0.25, 0.3) is 0 Å². The Morgan fingerprint density at radius 1 is 1.28 bits per heavy atom.